The number of nitrogens with zero attached hydrogens (tertiary/aromatic N) is 5. The van der Waals surface area contributed by atoms with Crippen molar-refractivity contribution >= 4 is 63.9 Å². The van der Waals surface area contributed by atoms with Crippen molar-refractivity contribution < 1.29 is 62.4 Å². The molecule has 1 aliphatic rings. The second-order valence-electron chi connectivity index (χ2n) is 18.9. The van der Waals surface area contributed by atoms with Crippen LogP contribution in [-0.4, -0.2) is 181 Å². The Hall–Kier alpha value is -7.77. The average Bonchev–Trinajstić information content (AvgIpc) is 3.90. The molecule has 2 aromatic carbocycles. The minimum atomic E-state index is -1.24. The number of aromatic nitrogens is 1. The van der Waals surface area contributed by atoms with E-state index in [1.54, 1.807) is 36.4 Å². The summed E-state index contributed by atoms with van der Waals surface area (Å²) in [5.41, 5.74) is 2.23. The molecule has 24 nitrogen and oxygen atoms in total. The molecule has 4 rings (SSSR count). The molecule has 1 fully saturated rings. The van der Waals surface area contributed by atoms with Crippen molar-refractivity contribution in [3.63, 3.8) is 0 Å². The third-order valence-corrected chi connectivity index (χ3v) is 12.1. The van der Waals surface area contributed by atoms with Gasteiger partial charge in [-0.1, -0.05) is 0 Å². The number of hydrogen-bond donors (Lipinski definition) is 7. The van der Waals surface area contributed by atoms with Crippen molar-refractivity contribution in [3.8, 4) is 17.9 Å². The molecule has 7 amide bonds. The fraction of sp³-hybridized carbons (Fsp3) is 0.528. The number of hydrogen-bond acceptors (Lipinski definition) is 15. The minimum absolute atomic E-state index is 0.0118. The fourth-order valence-electron chi connectivity index (χ4n) is 8.07. The summed E-state index contributed by atoms with van der Waals surface area (Å²) in [6, 6.07) is 12.8. The van der Waals surface area contributed by atoms with E-state index in [9.17, 15) is 54.0 Å². The highest BCUT2D eigenvalue weighted by Gasteiger charge is 2.29. The lowest BCUT2D eigenvalue weighted by molar-refractivity contribution is -0.142. The zero-order valence-corrected chi connectivity index (χ0v) is 44.3. The van der Waals surface area contributed by atoms with Crippen LogP contribution in [0.4, 0.5) is 5.69 Å². The lowest BCUT2D eigenvalue weighted by Gasteiger charge is -2.24. The molecular weight excluding hydrogens is 999 g/mol. The van der Waals surface area contributed by atoms with Gasteiger partial charge in [0, 0.05) is 68.8 Å². The van der Waals surface area contributed by atoms with Gasteiger partial charge in [-0.05, 0) is 81.7 Å². The van der Waals surface area contributed by atoms with Gasteiger partial charge in [-0.2, -0.15) is 10.5 Å². The van der Waals surface area contributed by atoms with Crippen LogP contribution in [0.25, 0.3) is 10.9 Å². The summed E-state index contributed by atoms with van der Waals surface area (Å²) in [7, 11) is 5.75. The molecule has 0 radical (unpaired) electrons. The first-order valence-corrected chi connectivity index (χ1v) is 25.6. The van der Waals surface area contributed by atoms with Crippen LogP contribution < -0.4 is 41.1 Å². The molecule has 0 bridgehead atoms. The van der Waals surface area contributed by atoms with Gasteiger partial charge < -0.3 is 60.9 Å². The molecule has 0 aliphatic carbocycles. The van der Waals surface area contributed by atoms with Crippen molar-refractivity contribution in [1.29, 1.82) is 10.5 Å². The number of aliphatic carboxylic acids is 1. The fourth-order valence-corrected chi connectivity index (χ4v) is 8.07. The third kappa shape index (κ3) is 21.8. The molecule has 3 aromatic rings. The van der Waals surface area contributed by atoms with Gasteiger partial charge in [0.1, 0.15) is 41.2 Å². The summed E-state index contributed by atoms with van der Waals surface area (Å²) < 4.78 is 22.6. The first kappa shape index (κ1) is 61.8. The monoisotopic (exact) mass is 1070 g/mol. The number of ether oxygens (including phenoxy) is 4. The van der Waals surface area contributed by atoms with Crippen molar-refractivity contribution in [1.82, 2.24) is 46.3 Å². The van der Waals surface area contributed by atoms with Gasteiger partial charge in [0.25, 0.3) is 17.7 Å². The van der Waals surface area contributed by atoms with Crippen molar-refractivity contribution in [3.05, 3.63) is 65.4 Å². The van der Waals surface area contributed by atoms with E-state index in [2.05, 4.69) is 49.0 Å². The predicted molar refractivity (Wildman–Crippen MR) is 281 cm³/mol. The molecule has 1 aromatic heterocycles. The summed E-state index contributed by atoms with van der Waals surface area (Å²) in [6.07, 6.45) is 4.70. The Morgan fingerprint density at radius 1 is 0.766 bits per heavy atom. The van der Waals surface area contributed by atoms with Gasteiger partial charge in [-0.15, -0.1) is 0 Å². The number of nitriles is 2. The minimum Gasteiger partial charge on any atom is -0.484 e. The van der Waals surface area contributed by atoms with Gasteiger partial charge in [0.2, 0.25) is 23.6 Å². The highest BCUT2D eigenvalue weighted by atomic mass is 16.5. The van der Waals surface area contributed by atoms with E-state index in [-0.39, 0.29) is 109 Å². The molecule has 77 heavy (non-hydrogen) atoms. The Morgan fingerprint density at radius 3 is 2.13 bits per heavy atom. The Balaban J connectivity index is 1.10. The number of nitrogens with one attached hydrogen (secondary N) is 6. The number of pyridine rings is 1. The highest BCUT2D eigenvalue weighted by molar-refractivity contribution is 6.07. The maximum absolute atomic E-state index is 13.4. The Kier molecular flexibility index (Phi) is 26.2. The van der Waals surface area contributed by atoms with Gasteiger partial charge in [0.05, 0.1) is 84.5 Å². The molecular formula is C53H72N11O13+. The number of carbonyl (C=O) groups is 8. The quantitative estimate of drug-likeness (QED) is 0.0329. The van der Waals surface area contributed by atoms with Gasteiger partial charge in [-0.25, -0.2) is 4.79 Å². The lowest BCUT2D eigenvalue weighted by atomic mass is 10.1. The summed E-state index contributed by atoms with van der Waals surface area (Å²) in [4.78, 5) is 106. The summed E-state index contributed by atoms with van der Waals surface area (Å²) in [6.45, 7) is 3.20. The van der Waals surface area contributed by atoms with E-state index in [0.717, 1.165) is 12.1 Å². The van der Waals surface area contributed by atoms with Crippen LogP contribution in [-0.2, 0) is 43.0 Å². The molecule has 2 heterocycles. The first-order valence-electron chi connectivity index (χ1n) is 25.6. The van der Waals surface area contributed by atoms with Crippen molar-refractivity contribution in [2.75, 3.05) is 100 Å². The molecule has 3 atom stereocenters. The number of fused-ring (bicyclic) bond motifs is 1. The van der Waals surface area contributed by atoms with Crippen LogP contribution >= 0.6 is 0 Å². The van der Waals surface area contributed by atoms with Crippen LogP contribution in [0.1, 0.15) is 91.0 Å². The largest absolute Gasteiger partial charge is 0.484 e. The molecule has 0 unspecified atom stereocenters. The summed E-state index contributed by atoms with van der Waals surface area (Å²) >= 11 is 0. The number of carboxylic acids is 1. The van der Waals surface area contributed by atoms with Crippen LogP contribution in [0.5, 0.6) is 5.75 Å². The molecule has 7 N–H and O–H groups in total. The normalized spacial score (nSPS) is 13.8. The van der Waals surface area contributed by atoms with E-state index >= 15 is 0 Å². The Morgan fingerprint density at radius 2 is 1.45 bits per heavy atom. The third-order valence-electron chi connectivity index (χ3n) is 12.1. The first-order chi connectivity index (χ1) is 36.9. The summed E-state index contributed by atoms with van der Waals surface area (Å²) in [5, 5.41) is 45.3. The molecule has 1 saturated heterocycles. The molecule has 416 valence electrons. The predicted octanol–water partition coefficient (Wildman–Crippen LogP) is 1.44. The van der Waals surface area contributed by atoms with Crippen molar-refractivity contribution in [2.24, 2.45) is 0 Å². The van der Waals surface area contributed by atoms with Crippen LogP contribution in [0, 0.1) is 22.7 Å². The number of amides is 7. The SMILES string of the molecule is CC(=O)NCCCC[C@H](NC(=O)[C@H](CCCCNC(=O)c1ccc([N+](C)(C)C)c(C#N)c1)NC(=O)CCOCCOCCOCCNC(=O)COc1ccc2c(C(=O)NCC(=O)N3CCC[C@H]3C#N)ccnc2c1)C(=O)O. The second kappa shape index (κ2) is 32.6. The number of likely N-dealkylation sites (tertiary alicyclic amines) is 1. The van der Waals surface area contributed by atoms with E-state index in [1.807, 2.05) is 21.1 Å². The van der Waals surface area contributed by atoms with Crippen LogP contribution in [0.3, 0.4) is 0 Å². The number of rotatable bonds is 34. The maximum Gasteiger partial charge on any atom is 0.326 e. The van der Waals surface area contributed by atoms with Crippen LogP contribution in [0.2, 0.25) is 0 Å². The Labute approximate surface area is 448 Å². The topological polar surface area (TPSA) is 330 Å². The average molecular weight is 1070 g/mol. The van der Waals surface area contributed by atoms with Gasteiger partial charge in [-0.3, -0.25) is 43.0 Å². The molecule has 0 saturated carbocycles. The van der Waals surface area contributed by atoms with Crippen molar-refractivity contribution in [2.45, 2.75) is 82.8 Å². The second-order valence-corrected chi connectivity index (χ2v) is 18.9. The van der Waals surface area contributed by atoms with E-state index in [1.165, 1.54) is 24.1 Å². The maximum atomic E-state index is 13.4. The zero-order chi connectivity index (χ0) is 56.2. The van der Waals surface area contributed by atoms with Gasteiger partial charge in [0.15, 0.2) is 6.61 Å². The number of quaternary nitrogens is 1. The molecule has 1 aliphatic heterocycles. The standard InChI is InChI=1S/C53H71N11O13/c1-36(65)56-19-7-6-12-44(53(72)73)62-52(71)43(11-5-8-20-59-50(69)37-13-16-46(64(2,3)4)38(30-37)32-54)61-47(66)18-24-74-26-28-76-29-27-75-25-22-58-48(67)35-77-40-14-15-41-42(17-21-57-45(41)31-40)51(70)60-34-49(68)63-23-9-10-39(63)33-55/h13-17,21,30-31,39,43-44H,5-12,18-20,22-29,34-35H2,1-4H3,(H6-,56,58,59,60,61,62,65,66,67,69,70,71,72,73)/p+1/t39-,43-,44-/m0/s1. The zero-order valence-electron chi connectivity index (χ0n) is 44.3. The van der Waals surface area contributed by atoms with Gasteiger partial charge >= 0.3 is 5.97 Å². The Bertz CT molecular complexity index is 2590. The number of carbonyl (C=O) groups excluding carboxylic acids is 7. The van der Waals surface area contributed by atoms with E-state index in [0.29, 0.717) is 83.0 Å². The smallest absolute Gasteiger partial charge is 0.326 e. The van der Waals surface area contributed by atoms with Crippen LogP contribution in [0.15, 0.2) is 48.7 Å². The number of unbranched alkanes of at least 4 members (excludes halogenated alkanes) is 2. The van der Waals surface area contributed by atoms with E-state index < -0.39 is 41.8 Å². The molecule has 24 heteroatoms. The molecule has 0 spiro atoms. The highest BCUT2D eigenvalue weighted by Crippen LogP contribution is 2.25. The van der Waals surface area contributed by atoms with E-state index in [4.69, 9.17) is 18.9 Å². The number of carboxylic acid groups (broad SMARTS) is 1. The number of benzene rings is 2. The summed E-state index contributed by atoms with van der Waals surface area (Å²) in [5.74, 6) is -3.81. The lowest BCUT2D eigenvalue weighted by Crippen LogP contribution is -2.51.